The molecule has 3 heteroatoms. The van der Waals surface area contributed by atoms with Crippen molar-refractivity contribution in [2.24, 2.45) is 0 Å². The van der Waals surface area contributed by atoms with E-state index in [-0.39, 0.29) is 0 Å². The molecule has 0 fully saturated rings. The Labute approximate surface area is 317 Å². The molecule has 11 aromatic rings. The number of para-hydroxylation sites is 4. The third-order valence-electron chi connectivity index (χ3n) is 10.9. The molecular formula is C52H33NO2. The second-order valence-corrected chi connectivity index (χ2v) is 14.1. The molecule has 0 spiro atoms. The average Bonchev–Trinajstić information content (AvgIpc) is 3.83. The van der Waals surface area contributed by atoms with E-state index in [1.807, 2.05) is 24.3 Å². The summed E-state index contributed by atoms with van der Waals surface area (Å²) in [6.07, 6.45) is 0. The van der Waals surface area contributed by atoms with E-state index < -0.39 is 0 Å². The molecule has 2 aromatic heterocycles. The van der Waals surface area contributed by atoms with Crippen molar-refractivity contribution in [3.05, 3.63) is 200 Å². The van der Waals surface area contributed by atoms with Crippen LogP contribution in [-0.4, -0.2) is 0 Å². The van der Waals surface area contributed by atoms with E-state index in [9.17, 15) is 0 Å². The fourth-order valence-corrected chi connectivity index (χ4v) is 8.23. The molecule has 0 radical (unpaired) electrons. The predicted molar refractivity (Wildman–Crippen MR) is 229 cm³/mol. The highest BCUT2D eigenvalue weighted by atomic mass is 16.3. The number of fused-ring (bicyclic) bond motifs is 7. The van der Waals surface area contributed by atoms with Crippen molar-refractivity contribution >= 4 is 71.7 Å². The molecule has 0 aliphatic carbocycles. The lowest BCUT2D eigenvalue weighted by molar-refractivity contribution is 0.669. The van der Waals surface area contributed by atoms with Crippen LogP contribution in [0.5, 0.6) is 0 Å². The number of hydrogen-bond acceptors (Lipinski definition) is 3. The van der Waals surface area contributed by atoms with Gasteiger partial charge in [0.25, 0.3) is 0 Å². The van der Waals surface area contributed by atoms with Crippen molar-refractivity contribution < 1.29 is 8.83 Å². The van der Waals surface area contributed by atoms with Crippen LogP contribution in [0.3, 0.4) is 0 Å². The first-order chi connectivity index (χ1) is 27.3. The quantitative estimate of drug-likeness (QED) is 0.173. The summed E-state index contributed by atoms with van der Waals surface area (Å²) < 4.78 is 13.0. The second-order valence-electron chi connectivity index (χ2n) is 14.1. The van der Waals surface area contributed by atoms with Gasteiger partial charge in [-0.1, -0.05) is 152 Å². The van der Waals surface area contributed by atoms with Crippen LogP contribution in [0.25, 0.3) is 88.0 Å². The molecule has 0 N–H and O–H groups in total. The average molecular weight is 704 g/mol. The van der Waals surface area contributed by atoms with Gasteiger partial charge in [-0.05, 0) is 81.6 Å². The van der Waals surface area contributed by atoms with Gasteiger partial charge in [0.05, 0.1) is 16.8 Å². The Balaban J connectivity index is 1.06. The molecule has 0 aliphatic rings. The van der Waals surface area contributed by atoms with Crippen LogP contribution in [0.15, 0.2) is 209 Å². The van der Waals surface area contributed by atoms with Gasteiger partial charge >= 0.3 is 0 Å². The molecule has 2 heterocycles. The first kappa shape index (κ1) is 31.2. The number of furan rings is 2. The van der Waals surface area contributed by atoms with Crippen molar-refractivity contribution in [2.45, 2.75) is 0 Å². The summed E-state index contributed by atoms with van der Waals surface area (Å²) >= 11 is 0. The fraction of sp³-hybridized carbons (Fsp3) is 0. The summed E-state index contributed by atoms with van der Waals surface area (Å²) in [6.45, 7) is 0. The Morgan fingerprint density at radius 2 is 0.873 bits per heavy atom. The standard InChI is InChI=1S/C52H33NO2/c1-2-12-38-33-39(28-27-34(38)11-1)37-25-23-35(24-26-37)36-29-31-40(32-30-36)53(47-19-10-22-50-51(47)45-15-5-8-21-49(45)54-50)46-18-6-3-13-41(46)43-16-9-17-44-42-14-4-7-20-48(42)55-52(43)44/h1-33H. The zero-order valence-electron chi connectivity index (χ0n) is 29.8. The Morgan fingerprint density at radius 1 is 0.327 bits per heavy atom. The molecular weight excluding hydrogens is 671 g/mol. The Bertz CT molecular complexity index is 3200. The van der Waals surface area contributed by atoms with E-state index >= 15 is 0 Å². The lowest BCUT2D eigenvalue weighted by Crippen LogP contribution is -2.11. The summed E-state index contributed by atoms with van der Waals surface area (Å²) in [7, 11) is 0. The maximum atomic E-state index is 6.59. The monoisotopic (exact) mass is 703 g/mol. The number of benzene rings is 9. The van der Waals surface area contributed by atoms with Crippen LogP contribution in [0.1, 0.15) is 0 Å². The minimum Gasteiger partial charge on any atom is -0.456 e. The summed E-state index contributed by atoms with van der Waals surface area (Å²) in [6, 6.07) is 70.9. The lowest BCUT2D eigenvalue weighted by Gasteiger charge is -2.28. The molecule has 3 nitrogen and oxygen atoms in total. The van der Waals surface area contributed by atoms with Crippen LogP contribution >= 0.6 is 0 Å². The van der Waals surface area contributed by atoms with Crippen molar-refractivity contribution in [3.8, 4) is 33.4 Å². The van der Waals surface area contributed by atoms with Crippen LogP contribution in [0.4, 0.5) is 17.1 Å². The minimum absolute atomic E-state index is 0.851. The highest BCUT2D eigenvalue weighted by Crippen LogP contribution is 2.47. The van der Waals surface area contributed by atoms with Gasteiger partial charge in [0.15, 0.2) is 0 Å². The van der Waals surface area contributed by atoms with Gasteiger partial charge < -0.3 is 13.7 Å². The van der Waals surface area contributed by atoms with E-state index in [0.717, 1.165) is 77.6 Å². The van der Waals surface area contributed by atoms with Crippen LogP contribution < -0.4 is 4.90 Å². The van der Waals surface area contributed by atoms with E-state index in [0.29, 0.717) is 0 Å². The SMILES string of the molecule is c1ccc(N(c2ccc(-c3ccc(-c4ccc5ccccc5c4)cc3)cc2)c2cccc3oc4ccccc4c23)c(-c2cccc3c2oc2ccccc23)c1. The van der Waals surface area contributed by atoms with Crippen LogP contribution in [0.2, 0.25) is 0 Å². The Morgan fingerprint density at radius 3 is 1.69 bits per heavy atom. The Hall–Kier alpha value is -7.36. The van der Waals surface area contributed by atoms with Gasteiger partial charge in [0.2, 0.25) is 0 Å². The first-order valence-corrected chi connectivity index (χ1v) is 18.7. The predicted octanol–water partition coefficient (Wildman–Crippen LogP) is 15.1. The van der Waals surface area contributed by atoms with Gasteiger partial charge in [-0.15, -0.1) is 0 Å². The van der Waals surface area contributed by atoms with E-state index in [4.69, 9.17) is 8.83 Å². The highest BCUT2D eigenvalue weighted by Gasteiger charge is 2.23. The molecule has 0 unspecified atom stereocenters. The molecule has 0 saturated heterocycles. The van der Waals surface area contributed by atoms with Crippen LogP contribution in [-0.2, 0) is 0 Å². The third kappa shape index (κ3) is 5.20. The maximum Gasteiger partial charge on any atom is 0.143 e. The zero-order valence-corrected chi connectivity index (χ0v) is 29.8. The molecule has 9 aromatic carbocycles. The number of rotatable bonds is 6. The number of anilines is 3. The molecule has 0 atom stereocenters. The molecule has 258 valence electrons. The molecule has 0 bridgehead atoms. The largest absolute Gasteiger partial charge is 0.456 e. The molecule has 55 heavy (non-hydrogen) atoms. The second kappa shape index (κ2) is 12.6. The van der Waals surface area contributed by atoms with Crippen molar-refractivity contribution in [1.82, 2.24) is 0 Å². The number of hydrogen-bond donors (Lipinski definition) is 0. The zero-order chi connectivity index (χ0) is 36.3. The summed E-state index contributed by atoms with van der Waals surface area (Å²) in [5.41, 5.74) is 13.5. The lowest BCUT2D eigenvalue weighted by atomic mass is 9.97. The van der Waals surface area contributed by atoms with Gasteiger partial charge in [0.1, 0.15) is 22.3 Å². The fourth-order valence-electron chi connectivity index (χ4n) is 8.23. The van der Waals surface area contributed by atoms with Crippen molar-refractivity contribution in [1.29, 1.82) is 0 Å². The smallest absolute Gasteiger partial charge is 0.143 e. The molecule has 11 rings (SSSR count). The molecule has 0 saturated carbocycles. The summed E-state index contributed by atoms with van der Waals surface area (Å²) in [5, 5.41) is 6.88. The van der Waals surface area contributed by atoms with Gasteiger partial charge in [0, 0.05) is 33.0 Å². The maximum absolute atomic E-state index is 6.59. The normalized spacial score (nSPS) is 11.6. The summed E-state index contributed by atoms with van der Waals surface area (Å²) in [4.78, 5) is 2.37. The summed E-state index contributed by atoms with van der Waals surface area (Å²) in [5.74, 6) is 0. The van der Waals surface area contributed by atoms with Crippen molar-refractivity contribution in [3.63, 3.8) is 0 Å². The van der Waals surface area contributed by atoms with E-state index in [1.54, 1.807) is 0 Å². The topological polar surface area (TPSA) is 29.5 Å². The Kier molecular flexibility index (Phi) is 7.17. The third-order valence-corrected chi connectivity index (χ3v) is 10.9. The van der Waals surface area contributed by atoms with Crippen molar-refractivity contribution in [2.75, 3.05) is 4.90 Å². The number of nitrogens with zero attached hydrogens (tertiary/aromatic N) is 1. The highest BCUT2D eigenvalue weighted by molar-refractivity contribution is 6.15. The minimum atomic E-state index is 0.851. The van der Waals surface area contributed by atoms with E-state index in [1.165, 1.54) is 27.5 Å². The van der Waals surface area contributed by atoms with Gasteiger partial charge in [-0.25, -0.2) is 0 Å². The van der Waals surface area contributed by atoms with Gasteiger partial charge in [-0.3, -0.25) is 0 Å². The van der Waals surface area contributed by atoms with Gasteiger partial charge in [-0.2, -0.15) is 0 Å². The van der Waals surface area contributed by atoms with Crippen LogP contribution in [0, 0.1) is 0 Å². The first-order valence-electron chi connectivity index (χ1n) is 18.7. The molecule has 0 amide bonds. The molecule has 0 aliphatic heterocycles. The van der Waals surface area contributed by atoms with E-state index in [2.05, 4.69) is 181 Å².